The lowest BCUT2D eigenvalue weighted by atomic mass is 9.70. The first-order chi connectivity index (χ1) is 8.88. The second-order valence-electron chi connectivity index (χ2n) is 8.58. The Hall–Kier alpha value is 0.507. The largest absolute Gasteiger partial charge is 0.167 e. The monoisotopic (exact) mass is 298 g/mol. The van der Waals surface area contributed by atoms with Crippen LogP contribution in [0.3, 0.4) is 0 Å². The fourth-order valence-electron chi connectivity index (χ4n) is 6.12. The molecular weight excluding hydrogens is 268 g/mol. The fourth-order valence-corrected chi connectivity index (χ4v) is 9.90. The zero-order chi connectivity index (χ0) is 13.8. The highest BCUT2D eigenvalue weighted by atomic mass is 35.6. The van der Waals surface area contributed by atoms with Gasteiger partial charge in [-0.15, -0.1) is 0 Å². The van der Waals surface area contributed by atoms with Gasteiger partial charge >= 0.3 is 0 Å². The molecule has 3 saturated carbocycles. The number of halogens is 1. The summed E-state index contributed by atoms with van der Waals surface area (Å²) in [7, 11) is -1.53. The van der Waals surface area contributed by atoms with Crippen molar-refractivity contribution in [1.82, 2.24) is 0 Å². The quantitative estimate of drug-likeness (QED) is 0.416. The molecular formula is C17H31ClSi. The minimum atomic E-state index is -1.53. The average Bonchev–Trinajstić information content (AvgIpc) is 2.60. The summed E-state index contributed by atoms with van der Waals surface area (Å²) < 4.78 is 0. The molecule has 0 bridgehead atoms. The minimum Gasteiger partial charge on any atom is -0.167 e. The summed E-state index contributed by atoms with van der Waals surface area (Å²) in [5.74, 6) is 5.98. The van der Waals surface area contributed by atoms with Crippen LogP contribution in [0.2, 0.25) is 18.6 Å². The molecule has 0 radical (unpaired) electrons. The summed E-state index contributed by atoms with van der Waals surface area (Å²) in [4.78, 5) is 0. The lowest BCUT2D eigenvalue weighted by Crippen LogP contribution is -2.36. The highest BCUT2D eigenvalue weighted by molar-refractivity contribution is 7.19. The lowest BCUT2D eigenvalue weighted by Gasteiger charge is -2.38. The first-order valence-corrected chi connectivity index (χ1v) is 12.7. The normalized spacial score (nSPS) is 50.7. The molecule has 3 aliphatic rings. The van der Waals surface area contributed by atoms with E-state index < -0.39 is 7.38 Å². The maximum absolute atomic E-state index is 7.01. The van der Waals surface area contributed by atoms with Gasteiger partial charge in [0.15, 0.2) is 7.38 Å². The molecule has 0 aromatic carbocycles. The number of hydrogen-bond acceptors (Lipinski definition) is 0. The van der Waals surface area contributed by atoms with Gasteiger partial charge in [0, 0.05) is 0 Å². The van der Waals surface area contributed by atoms with Gasteiger partial charge in [-0.2, -0.15) is 11.1 Å². The van der Waals surface area contributed by atoms with E-state index in [-0.39, 0.29) is 0 Å². The Balaban J connectivity index is 1.90. The highest BCUT2D eigenvalue weighted by Gasteiger charge is 2.57. The predicted octanol–water partition coefficient (Wildman–Crippen LogP) is 5.92. The van der Waals surface area contributed by atoms with E-state index in [4.69, 9.17) is 11.1 Å². The predicted molar refractivity (Wildman–Crippen MR) is 87.1 cm³/mol. The molecule has 6 atom stereocenters. The molecule has 0 saturated heterocycles. The first kappa shape index (κ1) is 14.4. The Morgan fingerprint density at radius 3 is 1.53 bits per heavy atom. The summed E-state index contributed by atoms with van der Waals surface area (Å²) in [6.07, 6.45) is 8.96. The van der Waals surface area contributed by atoms with Gasteiger partial charge in [-0.1, -0.05) is 39.8 Å². The van der Waals surface area contributed by atoms with E-state index in [9.17, 15) is 0 Å². The zero-order valence-corrected chi connectivity index (χ0v) is 14.9. The van der Waals surface area contributed by atoms with E-state index in [1.165, 1.54) is 38.5 Å². The van der Waals surface area contributed by atoms with Crippen LogP contribution in [0.5, 0.6) is 0 Å². The van der Waals surface area contributed by atoms with Gasteiger partial charge in [0.1, 0.15) is 0 Å². The maximum Gasteiger partial charge on any atom is 0.154 e. The van der Waals surface area contributed by atoms with E-state index in [2.05, 4.69) is 26.9 Å². The van der Waals surface area contributed by atoms with Crippen molar-refractivity contribution in [2.75, 3.05) is 0 Å². The second kappa shape index (κ2) is 5.05. The van der Waals surface area contributed by atoms with E-state index in [0.717, 1.165) is 41.0 Å². The van der Waals surface area contributed by atoms with Crippen molar-refractivity contribution in [3.8, 4) is 0 Å². The average molecular weight is 299 g/mol. The Morgan fingerprint density at radius 1 is 0.737 bits per heavy atom. The minimum absolute atomic E-state index is 0.912. The van der Waals surface area contributed by atoms with E-state index in [0.29, 0.717) is 0 Å². The first-order valence-electron chi connectivity index (χ1n) is 8.57. The summed E-state index contributed by atoms with van der Waals surface area (Å²) in [5, 5.41) is 0. The van der Waals surface area contributed by atoms with Crippen LogP contribution in [0.1, 0.15) is 52.4 Å². The lowest BCUT2D eigenvalue weighted by molar-refractivity contribution is 0.144. The summed E-state index contributed by atoms with van der Waals surface area (Å²) in [6, 6.07) is 0. The van der Waals surface area contributed by atoms with E-state index in [1.807, 2.05) is 0 Å². The molecule has 19 heavy (non-hydrogen) atoms. The number of fused-ring (bicyclic) bond motifs is 3. The van der Waals surface area contributed by atoms with Crippen LogP contribution in [0, 0.1) is 35.5 Å². The van der Waals surface area contributed by atoms with Crippen LogP contribution < -0.4 is 0 Å². The zero-order valence-electron chi connectivity index (χ0n) is 13.2. The Kier molecular flexibility index (Phi) is 3.84. The molecule has 0 aromatic heterocycles. The molecule has 110 valence electrons. The molecule has 3 rings (SSSR count). The van der Waals surface area contributed by atoms with Gasteiger partial charge in [0.2, 0.25) is 0 Å². The molecule has 2 heteroatoms. The van der Waals surface area contributed by atoms with Crippen molar-refractivity contribution in [3.05, 3.63) is 0 Å². The molecule has 0 nitrogen and oxygen atoms in total. The van der Waals surface area contributed by atoms with Crippen molar-refractivity contribution in [3.63, 3.8) is 0 Å². The standard InChI is InChI=1S/C17H31ClSi/c1-11-5-7-13-14-8-6-12(2)10-16(14)17(15(13)9-11)19(3,4)18/h11-17H,5-10H2,1-4H3. The topological polar surface area (TPSA) is 0 Å². The van der Waals surface area contributed by atoms with Gasteiger partial charge in [0.25, 0.3) is 0 Å². The number of rotatable bonds is 1. The molecule has 0 aromatic rings. The molecule has 0 aliphatic heterocycles. The van der Waals surface area contributed by atoms with Crippen LogP contribution in [0.15, 0.2) is 0 Å². The van der Waals surface area contributed by atoms with Gasteiger partial charge in [-0.25, -0.2) is 0 Å². The number of hydrogen-bond donors (Lipinski definition) is 0. The van der Waals surface area contributed by atoms with Crippen LogP contribution in [0.25, 0.3) is 0 Å². The van der Waals surface area contributed by atoms with Gasteiger partial charge in [0.05, 0.1) is 0 Å². The molecule has 0 amide bonds. The second-order valence-corrected chi connectivity index (χ2v) is 15.3. The molecule has 0 heterocycles. The third-order valence-corrected chi connectivity index (χ3v) is 9.90. The Labute approximate surface area is 125 Å². The summed E-state index contributed by atoms with van der Waals surface area (Å²) in [5.41, 5.74) is 0.912. The summed E-state index contributed by atoms with van der Waals surface area (Å²) in [6.45, 7) is 9.80. The molecule has 3 fully saturated rings. The Morgan fingerprint density at radius 2 is 1.16 bits per heavy atom. The van der Waals surface area contributed by atoms with Crippen molar-refractivity contribution < 1.29 is 0 Å². The van der Waals surface area contributed by atoms with Gasteiger partial charge in [-0.3, -0.25) is 0 Å². The van der Waals surface area contributed by atoms with Crippen molar-refractivity contribution in [2.45, 2.75) is 71.0 Å². The van der Waals surface area contributed by atoms with E-state index >= 15 is 0 Å². The van der Waals surface area contributed by atoms with Crippen LogP contribution >= 0.6 is 11.1 Å². The van der Waals surface area contributed by atoms with Crippen LogP contribution in [-0.4, -0.2) is 7.38 Å². The van der Waals surface area contributed by atoms with Crippen molar-refractivity contribution >= 4 is 18.5 Å². The Bertz CT molecular complexity index is 309. The third-order valence-electron chi connectivity index (χ3n) is 6.70. The van der Waals surface area contributed by atoms with Crippen molar-refractivity contribution in [1.29, 1.82) is 0 Å². The smallest absolute Gasteiger partial charge is 0.154 e. The molecule has 3 aliphatic carbocycles. The SMILES string of the molecule is CC1CCC2C3CCC(C)CC3C([Si](C)(C)Cl)C2C1. The van der Waals surface area contributed by atoms with Gasteiger partial charge < -0.3 is 0 Å². The fraction of sp³-hybridized carbons (Fsp3) is 1.00. The van der Waals surface area contributed by atoms with Crippen LogP contribution in [-0.2, 0) is 0 Å². The third kappa shape index (κ3) is 2.55. The summed E-state index contributed by atoms with van der Waals surface area (Å²) >= 11 is 7.01. The maximum atomic E-state index is 7.01. The molecule has 0 N–H and O–H groups in total. The molecule has 0 spiro atoms. The molecule has 6 unspecified atom stereocenters. The highest BCUT2D eigenvalue weighted by Crippen LogP contribution is 2.64. The van der Waals surface area contributed by atoms with E-state index in [1.54, 1.807) is 0 Å². The van der Waals surface area contributed by atoms with Crippen molar-refractivity contribution in [2.24, 2.45) is 35.5 Å². The van der Waals surface area contributed by atoms with Gasteiger partial charge in [-0.05, 0) is 66.7 Å². The van der Waals surface area contributed by atoms with Crippen LogP contribution in [0.4, 0.5) is 0 Å².